The van der Waals surface area contributed by atoms with Gasteiger partial charge in [0.25, 0.3) is 5.24 Å². The zero-order valence-electron chi connectivity index (χ0n) is 17.6. The summed E-state index contributed by atoms with van der Waals surface area (Å²) in [6, 6.07) is 20.6. The normalized spacial score (nSPS) is 14.8. The summed E-state index contributed by atoms with van der Waals surface area (Å²) in [7, 11) is 1.58. The molecule has 0 bridgehead atoms. The van der Waals surface area contributed by atoms with Crippen LogP contribution >= 0.6 is 47.2 Å². The van der Waals surface area contributed by atoms with Gasteiger partial charge in [-0.05, 0) is 53.2 Å². The molecule has 0 aromatic heterocycles. The number of carbonyl (C=O) groups excluding carboxylic acids is 1. The van der Waals surface area contributed by atoms with Crippen LogP contribution in [0.2, 0.25) is 10.0 Å². The lowest BCUT2D eigenvalue weighted by molar-refractivity contribution is 0.244. The van der Waals surface area contributed by atoms with Gasteiger partial charge in [-0.15, -0.1) is 0 Å². The highest BCUT2D eigenvalue weighted by atomic mass is 35.5. The lowest BCUT2D eigenvalue weighted by atomic mass is 10.1. The number of nitrogens with zero attached hydrogens (tertiary/aromatic N) is 1. The average Bonchev–Trinajstić information content (AvgIpc) is 3.07. The number of methoxy groups -OCH3 is 1. The first-order valence-corrected chi connectivity index (χ1v) is 12.0. The van der Waals surface area contributed by atoms with Crippen molar-refractivity contribution < 1.29 is 14.3 Å². The standard InChI is InChI=1S/C25H19Cl2NO3S2/c1-30-22-11-17(7-10-21(22)31-15-18-8-9-19(26)13-20(18)27)12-23-24(32)28(25(29)33-23)14-16-5-3-2-4-6-16/h2-13H,14-15H2,1H3. The van der Waals surface area contributed by atoms with Gasteiger partial charge in [0.05, 0.1) is 18.6 Å². The van der Waals surface area contributed by atoms with E-state index in [1.807, 2.05) is 60.7 Å². The highest BCUT2D eigenvalue weighted by molar-refractivity contribution is 8.19. The van der Waals surface area contributed by atoms with Crippen LogP contribution in [0, 0.1) is 0 Å². The van der Waals surface area contributed by atoms with Crippen molar-refractivity contribution in [1.29, 1.82) is 0 Å². The molecule has 1 aliphatic heterocycles. The molecular formula is C25H19Cl2NO3S2. The molecule has 0 saturated carbocycles. The van der Waals surface area contributed by atoms with Crippen molar-refractivity contribution in [2.24, 2.45) is 0 Å². The highest BCUT2D eigenvalue weighted by Crippen LogP contribution is 2.36. The minimum atomic E-state index is -0.0816. The summed E-state index contributed by atoms with van der Waals surface area (Å²) in [6.45, 7) is 0.724. The molecule has 0 atom stereocenters. The predicted molar refractivity (Wildman–Crippen MR) is 139 cm³/mol. The van der Waals surface area contributed by atoms with Gasteiger partial charge in [-0.25, -0.2) is 0 Å². The predicted octanol–water partition coefficient (Wildman–Crippen LogP) is 7.62. The fourth-order valence-corrected chi connectivity index (χ4v) is 4.94. The van der Waals surface area contributed by atoms with Crippen LogP contribution in [-0.4, -0.2) is 22.2 Å². The third-order valence-electron chi connectivity index (χ3n) is 4.94. The largest absolute Gasteiger partial charge is 0.493 e. The molecule has 3 aromatic rings. The fraction of sp³-hybridized carbons (Fsp3) is 0.120. The number of carbonyl (C=O) groups is 1. The molecule has 168 valence electrons. The van der Waals surface area contributed by atoms with Crippen molar-refractivity contribution in [1.82, 2.24) is 4.90 Å². The topological polar surface area (TPSA) is 38.8 Å². The maximum atomic E-state index is 12.5. The number of benzene rings is 3. The molecule has 8 heteroatoms. The molecule has 1 fully saturated rings. The molecule has 0 spiro atoms. The number of thioether (sulfide) groups is 1. The lowest BCUT2D eigenvalue weighted by Gasteiger charge is -2.14. The van der Waals surface area contributed by atoms with Gasteiger partial charge >= 0.3 is 0 Å². The van der Waals surface area contributed by atoms with Gasteiger partial charge in [0.1, 0.15) is 11.6 Å². The van der Waals surface area contributed by atoms with Crippen LogP contribution < -0.4 is 9.47 Å². The summed E-state index contributed by atoms with van der Waals surface area (Å²) in [5.74, 6) is 1.14. The van der Waals surface area contributed by atoms with Gasteiger partial charge in [-0.2, -0.15) is 0 Å². The molecule has 1 heterocycles. The Labute approximate surface area is 212 Å². The van der Waals surface area contributed by atoms with Crippen LogP contribution in [0.4, 0.5) is 4.79 Å². The van der Waals surface area contributed by atoms with Gasteiger partial charge in [0.15, 0.2) is 11.5 Å². The minimum absolute atomic E-state index is 0.0816. The zero-order chi connectivity index (χ0) is 23.4. The first-order chi connectivity index (χ1) is 15.9. The van der Waals surface area contributed by atoms with Gasteiger partial charge in [-0.1, -0.05) is 77.9 Å². The van der Waals surface area contributed by atoms with Crippen LogP contribution in [0.15, 0.2) is 71.6 Å². The maximum Gasteiger partial charge on any atom is 0.291 e. The summed E-state index contributed by atoms with van der Waals surface area (Å²) in [5.41, 5.74) is 2.70. The zero-order valence-corrected chi connectivity index (χ0v) is 20.7. The summed E-state index contributed by atoms with van der Waals surface area (Å²) in [4.78, 5) is 15.4. The molecule has 4 rings (SSSR count). The van der Waals surface area contributed by atoms with E-state index in [1.54, 1.807) is 24.1 Å². The smallest absolute Gasteiger partial charge is 0.291 e. The molecule has 0 aliphatic carbocycles. The van der Waals surface area contributed by atoms with E-state index >= 15 is 0 Å². The van der Waals surface area contributed by atoms with Crippen LogP contribution in [-0.2, 0) is 13.2 Å². The number of thiocarbonyl (C=S) groups is 1. The molecule has 0 radical (unpaired) electrons. The second-order valence-corrected chi connectivity index (χ2v) is 9.41. The van der Waals surface area contributed by atoms with Crippen LogP contribution in [0.25, 0.3) is 6.08 Å². The van der Waals surface area contributed by atoms with Crippen molar-refractivity contribution in [2.75, 3.05) is 7.11 Å². The third kappa shape index (κ3) is 5.71. The van der Waals surface area contributed by atoms with Crippen LogP contribution in [0.3, 0.4) is 0 Å². The average molecular weight is 516 g/mol. The van der Waals surface area contributed by atoms with E-state index in [0.717, 1.165) is 33.4 Å². The molecule has 0 N–H and O–H groups in total. The maximum absolute atomic E-state index is 12.5. The SMILES string of the molecule is COc1cc(C=C2SC(=O)N(Cc3ccccc3)C2=S)ccc1OCc1ccc(Cl)cc1Cl. The molecule has 3 aromatic carbocycles. The Kier molecular flexibility index (Phi) is 7.60. The number of amides is 1. The van der Waals surface area contributed by atoms with Gasteiger partial charge in [-0.3, -0.25) is 9.69 Å². The second-order valence-electron chi connectivity index (χ2n) is 7.19. The van der Waals surface area contributed by atoms with Crippen molar-refractivity contribution in [3.63, 3.8) is 0 Å². The van der Waals surface area contributed by atoms with E-state index < -0.39 is 0 Å². The minimum Gasteiger partial charge on any atom is -0.493 e. The van der Waals surface area contributed by atoms with Crippen LogP contribution in [0.1, 0.15) is 16.7 Å². The molecule has 0 unspecified atom stereocenters. The summed E-state index contributed by atoms with van der Waals surface area (Å²) in [5, 5.41) is 1.03. The Bertz CT molecular complexity index is 1230. The molecular weight excluding hydrogens is 497 g/mol. The quantitative estimate of drug-likeness (QED) is 0.239. The number of ether oxygens (including phenoxy) is 2. The molecule has 4 nitrogen and oxygen atoms in total. The monoisotopic (exact) mass is 515 g/mol. The van der Waals surface area contributed by atoms with E-state index in [4.69, 9.17) is 44.9 Å². The first-order valence-electron chi connectivity index (χ1n) is 9.98. The Morgan fingerprint density at radius 1 is 1.03 bits per heavy atom. The summed E-state index contributed by atoms with van der Waals surface area (Å²) < 4.78 is 11.4. The van der Waals surface area contributed by atoms with E-state index in [1.165, 1.54) is 0 Å². The lowest BCUT2D eigenvalue weighted by Crippen LogP contribution is -2.26. The highest BCUT2D eigenvalue weighted by Gasteiger charge is 2.31. The summed E-state index contributed by atoms with van der Waals surface area (Å²) >= 11 is 18.9. The Hall–Kier alpha value is -2.51. The second kappa shape index (κ2) is 10.6. The Morgan fingerprint density at radius 3 is 2.55 bits per heavy atom. The third-order valence-corrected chi connectivity index (χ3v) is 7.02. The first kappa shape index (κ1) is 23.6. The molecule has 1 saturated heterocycles. The van der Waals surface area contributed by atoms with Crippen molar-refractivity contribution >= 4 is 63.5 Å². The van der Waals surface area contributed by atoms with Gasteiger partial charge in [0.2, 0.25) is 0 Å². The van der Waals surface area contributed by atoms with Gasteiger partial charge < -0.3 is 9.47 Å². The Balaban J connectivity index is 1.49. The summed E-state index contributed by atoms with van der Waals surface area (Å²) in [6.07, 6.45) is 1.89. The van der Waals surface area contributed by atoms with Crippen molar-refractivity contribution in [2.45, 2.75) is 13.2 Å². The van der Waals surface area contributed by atoms with Crippen LogP contribution in [0.5, 0.6) is 11.5 Å². The fourth-order valence-electron chi connectivity index (χ4n) is 3.24. The molecule has 33 heavy (non-hydrogen) atoms. The number of rotatable bonds is 7. The van der Waals surface area contributed by atoms with E-state index in [-0.39, 0.29) is 11.8 Å². The molecule has 1 aliphatic rings. The van der Waals surface area contributed by atoms with E-state index in [2.05, 4.69) is 0 Å². The Morgan fingerprint density at radius 2 is 1.82 bits per heavy atom. The van der Waals surface area contributed by atoms with E-state index in [0.29, 0.717) is 33.1 Å². The van der Waals surface area contributed by atoms with Crippen molar-refractivity contribution in [3.05, 3.63) is 98.4 Å². The van der Waals surface area contributed by atoms with E-state index in [9.17, 15) is 4.79 Å². The number of hydrogen-bond donors (Lipinski definition) is 0. The van der Waals surface area contributed by atoms with Gasteiger partial charge in [0, 0.05) is 15.6 Å². The molecule has 1 amide bonds. The van der Waals surface area contributed by atoms with Crippen molar-refractivity contribution in [3.8, 4) is 11.5 Å². The number of hydrogen-bond acceptors (Lipinski definition) is 5. The number of halogens is 2.